The molecule has 4 heteroatoms. The van der Waals surface area contributed by atoms with Crippen LogP contribution in [0.15, 0.2) is 59.6 Å². The van der Waals surface area contributed by atoms with Gasteiger partial charge in [0.05, 0.1) is 5.69 Å². The Labute approximate surface area is 139 Å². The van der Waals surface area contributed by atoms with Crippen molar-refractivity contribution in [2.75, 3.05) is 0 Å². The maximum atomic E-state index is 12.9. The van der Waals surface area contributed by atoms with E-state index in [0.29, 0.717) is 0 Å². The minimum absolute atomic E-state index is 0.212. The van der Waals surface area contributed by atoms with Crippen LogP contribution in [0.2, 0.25) is 0 Å². The van der Waals surface area contributed by atoms with Gasteiger partial charge in [-0.1, -0.05) is 47.7 Å². The first kappa shape index (κ1) is 15.7. The molecule has 0 aliphatic heterocycles. The van der Waals surface area contributed by atoms with E-state index in [2.05, 4.69) is 42.2 Å². The highest BCUT2D eigenvalue weighted by Gasteiger charge is 2.05. The van der Waals surface area contributed by atoms with Crippen molar-refractivity contribution in [2.45, 2.75) is 24.6 Å². The fourth-order valence-corrected chi connectivity index (χ4v) is 3.15. The molecule has 0 saturated carbocycles. The number of hydrogen-bond donors (Lipinski definition) is 0. The van der Waals surface area contributed by atoms with E-state index in [1.165, 1.54) is 23.3 Å². The lowest BCUT2D eigenvalue weighted by Gasteiger charge is -2.06. The lowest BCUT2D eigenvalue weighted by Crippen LogP contribution is -1.92. The van der Waals surface area contributed by atoms with E-state index in [9.17, 15) is 4.39 Å². The second-order valence-electron chi connectivity index (χ2n) is 5.49. The molecule has 0 bridgehead atoms. The highest BCUT2D eigenvalue weighted by molar-refractivity contribution is 7.98. The molecule has 0 spiro atoms. The zero-order valence-electron chi connectivity index (χ0n) is 13.1. The number of rotatable bonds is 4. The Hall–Kier alpha value is -2.20. The molecular formula is C19H17FN2S. The summed E-state index contributed by atoms with van der Waals surface area (Å²) in [5, 5.41) is 9.49. The van der Waals surface area contributed by atoms with E-state index in [0.717, 1.165) is 27.6 Å². The predicted molar refractivity (Wildman–Crippen MR) is 92.9 cm³/mol. The van der Waals surface area contributed by atoms with Crippen molar-refractivity contribution in [1.29, 1.82) is 0 Å². The molecular weight excluding hydrogens is 307 g/mol. The molecule has 2 aromatic carbocycles. The summed E-state index contributed by atoms with van der Waals surface area (Å²) in [4.78, 5) is 0. The molecule has 0 aliphatic rings. The van der Waals surface area contributed by atoms with E-state index < -0.39 is 0 Å². The van der Waals surface area contributed by atoms with E-state index in [1.54, 1.807) is 23.9 Å². The van der Waals surface area contributed by atoms with Gasteiger partial charge in [-0.15, -0.1) is 10.2 Å². The van der Waals surface area contributed by atoms with Gasteiger partial charge in [-0.3, -0.25) is 0 Å². The van der Waals surface area contributed by atoms with Gasteiger partial charge >= 0.3 is 0 Å². The van der Waals surface area contributed by atoms with Crippen LogP contribution in [0, 0.1) is 19.7 Å². The van der Waals surface area contributed by atoms with Gasteiger partial charge in [0.1, 0.15) is 10.8 Å². The second-order valence-corrected chi connectivity index (χ2v) is 6.49. The summed E-state index contributed by atoms with van der Waals surface area (Å²) in [6.45, 7) is 4.17. The van der Waals surface area contributed by atoms with Crippen molar-refractivity contribution >= 4 is 11.8 Å². The molecule has 0 saturated heterocycles. The van der Waals surface area contributed by atoms with Crippen LogP contribution in [-0.4, -0.2) is 10.2 Å². The lowest BCUT2D eigenvalue weighted by atomic mass is 10.0. The number of nitrogens with zero attached hydrogens (tertiary/aromatic N) is 2. The zero-order valence-corrected chi connectivity index (χ0v) is 13.9. The summed E-state index contributed by atoms with van der Waals surface area (Å²) in [7, 11) is 0. The van der Waals surface area contributed by atoms with Gasteiger partial charge in [-0.05, 0) is 49.2 Å². The molecule has 23 heavy (non-hydrogen) atoms. The van der Waals surface area contributed by atoms with Crippen LogP contribution < -0.4 is 0 Å². The Balaban J connectivity index is 1.70. The molecule has 3 rings (SSSR count). The van der Waals surface area contributed by atoms with Crippen LogP contribution in [0.5, 0.6) is 0 Å². The normalized spacial score (nSPS) is 10.7. The first-order chi connectivity index (χ1) is 11.1. The van der Waals surface area contributed by atoms with E-state index in [-0.39, 0.29) is 5.82 Å². The number of hydrogen-bond acceptors (Lipinski definition) is 3. The fourth-order valence-electron chi connectivity index (χ4n) is 2.38. The van der Waals surface area contributed by atoms with E-state index >= 15 is 0 Å². The highest BCUT2D eigenvalue weighted by atomic mass is 32.2. The molecule has 0 unspecified atom stereocenters. The maximum absolute atomic E-state index is 12.9. The monoisotopic (exact) mass is 324 g/mol. The summed E-state index contributed by atoms with van der Waals surface area (Å²) in [6.07, 6.45) is 0. The van der Waals surface area contributed by atoms with Gasteiger partial charge in [0.2, 0.25) is 0 Å². The number of thioether (sulfide) groups is 1. The van der Waals surface area contributed by atoms with Crippen molar-refractivity contribution in [2.24, 2.45) is 0 Å². The minimum Gasteiger partial charge on any atom is -0.207 e. The molecule has 0 atom stereocenters. The average Bonchev–Trinajstić information content (AvgIpc) is 2.55. The third kappa shape index (κ3) is 3.96. The topological polar surface area (TPSA) is 25.8 Å². The molecule has 2 nitrogen and oxygen atoms in total. The van der Waals surface area contributed by atoms with E-state index in [1.807, 2.05) is 12.1 Å². The van der Waals surface area contributed by atoms with Crippen molar-refractivity contribution in [3.63, 3.8) is 0 Å². The van der Waals surface area contributed by atoms with Crippen LogP contribution in [0.4, 0.5) is 4.39 Å². The Bertz CT molecular complexity index is 799. The van der Waals surface area contributed by atoms with Crippen LogP contribution in [0.3, 0.4) is 0 Å². The molecule has 0 radical (unpaired) electrons. The van der Waals surface area contributed by atoms with Gasteiger partial charge in [0, 0.05) is 11.3 Å². The van der Waals surface area contributed by atoms with Crippen LogP contribution in [0.25, 0.3) is 11.3 Å². The first-order valence-electron chi connectivity index (χ1n) is 7.40. The van der Waals surface area contributed by atoms with Crippen LogP contribution in [-0.2, 0) is 5.75 Å². The largest absolute Gasteiger partial charge is 0.207 e. The van der Waals surface area contributed by atoms with Gasteiger partial charge < -0.3 is 0 Å². The SMILES string of the molecule is Cc1ccc(-c2ccc(SCc3ccc(F)cc3)nn2)c(C)c1. The number of benzene rings is 2. The molecule has 0 amide bonds. The van der Waals surface area contributed by atoms with Gasteiger partial charge in [0.25, 0.3) is 0 Å². The highest BCUT2D eigenvalue weighted by Crippen LogP contribution is 2.25. The third-order valence-corrected chi connectivity index (χ3v) is 4.59. The maximum Gasteiger partial charge on any atom is 0.123 e. The smallest absolute Gasteiger partial charge is 0.123 e. The van der Waals surface area contributed by atoms with Crippen molar-refractivity contribution in [3.8, 4) is 11.3 Å². The molecule has 116 valence electrons. The average molecular weight is 324 g/mol. The molecule has 0 N–H and O–H groups in total. The first-order valence-corrected chi connectivity index (χ1v) is 8.39. The molecule has 0 aliphatic carbocycles. The summed E-state index contributed by atoms with van der Waals surface area (Å²) < 4.78 is 12.9. The van der Waals surface area contributed by atoms with Crippen LogP contribution >= 0.6 is 11.8 Å². The predicted octanol–water partition coefficient (Wildman–Crippen LogP) is 5.19. The standard InChI is InChI=1S/C19H17FN2S/c1-13-3-8-17(14(2)11-13)18-9-10-19(22-21-18)23-12-15-4-6-16(20)7-5-15/h3-11H,12H2,1-2H3. The Morgan fingerprint density at radius 2 is 1.70 bits per heavy atom. The molecule has 3 aromatic rings. The number of halogens is 1. The summed E-state index contributed by atoms with van der Waals surface area (Å²) >= 11 is 1.59. The summed E-state index contributed by atoms with van der Waals surface area (Å²) in [5.41, 5.74) is 5.50. The molecule has 0 fully saturated rings. The molecule has 1 heterocycles. The fraction of sp³-hybridized carbons (Fsp3) is 0.158. The summed E-state index contributed by atoms with van der Waals surface area (Å²) in [5.74, 6) is 0.536. The van der Waals surface area contributed by atoms with Gasteiger partial charge in [-0.25, -0.2) is 4.39 Å². The third-order valence-electron chi connectivity index (χ3n) is 3.60. The minimum atomic E-state index is -0.212. The van der Waals surface area contributed by atoms with Crippen molar-refractivity contribution in [1.82, 2.24) is 10.2 Å². The van der Waals surface area contributed by atoms with Crippen molar-refractivity contribution < 1.29 is 4.39 Å². The Kier molecular flexibility index (Phi) is 4.72. The number of aryl methyl sites for hydroxylation is 2. The molecule has 1 aromatic heterocycles. The quantitative estimate of drug-likeness (QED) is 0.618. The van der Waals surface area contributed by atoms with E-state index in [4.69, 9.17) is 0 Å². The van der Waals surface area contributed by atoms with Gasteiger partial charge in [0.15, 0.2) is 0 Å². The van der Waals surface area contributed by atoms with Crippen LogP contribution in [0.1, 0.15) is 16.7 Å². The zero-order chi connectivity index (χ0) is 16.2. The second kappa shape index (κ2) is 6.92. The number of aromatic nitrogens is 2. The Morgan fingerprint density at radius 1 is 0.913 bits per heavy atom. The lowest BCUT2D eigenvalue weighted by molar-refractivity contribution is 0.627. The summed E-state index contributed by atoms with van der Waals surface area (Å²) in [6, 6.07) is 16.8. The Morgan fingerprint density at radius 3 is 2.35 bits per heavy atom. The van der Waals surface area contributed by atoms with Gasteiger partial charge in [-0.2, -0.15) is 0 Å². The van der Waals surface area contributed by atoms with Crippen molar-refractivity contribution in [3.05, 3.63) is 77.1 Å².